The molecule has 1 aliphatic rings. The lowest BCUT2D eigenvalue weighted by Gasteiger charge is -2.41. The monoisotopic (exact) mass is 978 g/mol. The first-order valence-corrected chi connectivity index (χ1v) is 27.9. The van der Waals surface area contributed by atoms with Crippen LogP contribution in [0.5, 0.6) is 5.75 Å². The highest BCUT2D eigenvalue weighted by Crippen LogP contribution is 2.43. The third-order valence-corrected chi connectivity index (χ3v) is 18.8. The van der Waals surface area contributed by atoms with Crippen molar-refractivity contribution in [3.63, 3.8) is 0 Å². The third kappa shape index (κ3) is 10.3. The zero-order chi connectivity index (χ0) is 50.8. The minimum absolute atomic E-state index is 0.0646. The summed E-state index contributed by atoms with van der Waals surface area (Å²) in [4.78, 5) is 20.9. The van der Waals surface area contributed by atoms with E-state index in [1.165, 1.54) is 0 Å². The number of fused-ring (bicyclic) bond motifs is 1. The zero-order valence-corrected chi connectivity index (χ0v) is 44.3. The first-order valence-electron chi connectivity index (χ1n) is 25.0. The summed E-state index contributed by atoms with van der Waals surface area (Å²) < 4.78 is 24.1. The standard InChI is InChI=1S/C60H67N7O4Si/c1-42-26-27-43(2)66(42)55-37-34-48(39-61-55)54(71-72(9,10)59(6,7)8)41-65(57(68)70-58(3,4)5)40-52-35-32-47-38-46(33-36-53(47)69-52)44-28-30-45(31-29-44)56-62-63-64-67(56)60(49-20-14-11-15-21-49,50-22-16-12-17-23-50)51-24-18-13-19-25-51/h11-31,33-34,36-39,52,54H,32,35,40-41H2,1-10H3/t52-,54+/m1/s1. The lowest BCUT2D eigenvalue weighted by molar-refractivity contribution is 0.00490. The maximum atomic E-state index is 14.2. The molecule has 0 radical (unpaired) electrons. The molecule has 0 unspecified atom stereocenters. The summed E-state index contributed by atoms with van der Waals surface area (Å²) in [5.41, 5.74) is 8.88. The van der Waals surface area contributed by atoms with Crippen molar-refractivity contribution < 1.29 is 18.7 Å². The molecule has 12 heteroatoms. The van der Waals surface area contributed by atoms with Crippen LogP contribution in [0, 0.1) is 13.8 Å². The number of carbonyl (C=O) groups excluding carboxylic acids is 1. The molecule has 1 aliphatic heterocycles. The minimum atomic E-state index is -2.34. The predicted octanol–water partition coefficient (Wildman–Crippen LogP) is 13.3. The summed E-state index contributed by atoms with van der Waals surface area (Å²) in [5.74, 6) is 2.31. The van der Waals surface area contributed by atoms with Crippen LogP contribution in [0.25, 0.3) is 28.3 Å². The van der Waals surface area contributed by atoms with Crippen LogP contribution < -0.4 is 4.74 Å². The second kappa shape index (κ2) is 20.2. The second-order valence-electron chi connectivity index (χ2n) is 21.6. The van der Waals surface area contributed by atoms with Gasteiger partial charge in [-0.25, -0.2) is 14.5 Å². The molecule has 9 rings (SSSR count). The molecule has 2 atom stereocenters. The summed E-state index contributed by atoms with van der Waals surface area (Å²) in [5, 5.41) is 13.6. The van der Waals surface area contributed by atoms with E-state index < -0.39 is 31.7 Å². The summed E-state index contributed by atoms with van der Waals surface area (Å²) in [6, 6.07) is 54.4. The molecule has 370 valence electrons. The lowest BCUT2D eigenvalue weighted by Crippen LogP contribution is -2.48. The highest BCUT2D eigenvalue weighted by atomic mass is 28.4. The molecule has 3 aromatic heterocycles. The summed E-state index contributed by atoms with van der Waals surface area (Å²) in [7, 11) is -2.34. The van der Waals surface area contributed by atoms with Gasteiger partial charge in [0.25, 0.3) is 0 Å². The normalized spacial score (nSPS) is 14.6. The van der Waals surface area contributed by atoms with Crippen LogP contribution in [0.15, 0.2) is 164 Å². The van der Waals surface area contributed by atoms with Crippen molar-refractivity contribution in [2.45, 2.75) is 110 Å². The lowest BCUT2D eigenvalue weighted by atomic mass is 9.77. The summed E-state index contributed by atoms with van der Waals surface area (Å²) in [6.45, 7) is 21.7. The largest absolute Gasteiger partial charge is 0.488 e. The molecule has 0 spiro atoms. The molecule has 0 bridgehead atoms. The van der Waals surface area contributed by atoms with Crippen molar-refractivity contribution in [1.29, 1.82) is 0 Å². The van der Waals surface area contributed by atoms with Crippen LogP contribution >= 0.6 is 0 Å². The van der Waals surface area contributed by atoms with E-state index in [1.807, 2.05) is 55.9 Å². The van der Waals surface area contributed by atoms with Gasteiger partial charge in [-0.05, 0) is 145 Å². The number of aryl methyl sites for hydroxylation is 3. The summed E-state index contributed by atoms with van der Waals surface area (Å²) in [6.07, 6.45) is 2.31. The quantitative estimate of drug-likeness (QED) is 0.0783. The fourth-order valence-electron chi connectivity index (χ4n) is 9.55. The molecule has 72 heavy (non-hydrogen) atoms. The number of amides is 1. The number of nitrogens with zero attached hydrogens (tertiary/aromatic N) is 7. The fourth-order valence-corrected chi connectivity index (χ4v) is 10.8. The second-order valence-corrected chi connectivity index (χ2v) is 26.3. The Bertz CT molecular complexity index is 2990. The van der Waals surface area contributed by atoms with Crippen molar-refractivity contribution >= 4 is 14.4 Å². The molecule has 0 saturated heterocycles. The van der Waals surface area contributed by atoms with Crippen LogP contribution in [-0.2, 0) is 21.1 Å². The topological polar surface area (TPSA) is 109 Å². The van der Waals surface area contributed by atoms with E-state index >= 15 is 0 Å². The van der Waals surface area contributed by atoms with E-state index in [-0.39, 0.29) is 17.7 Å². The Morgan fingerprint density at radius 2 is 1.31 bits per heavy atom. The van der Waals surface area contributed by atoms with Crippen LogP contribution in [0.1, 0.15) is 93.3 Å². The Morgan fingerprint density at radius 3 is 1.85 bits per heavy atom. The van der Waals surface area contributed by atoms with Gasteiger partial charge < -0.3 is 23.4 Å². The number of hydrogen-bond donors (Lipinski definition) is 0. The van der Waals surface area contributed by atoms with Gasteiger partial charge in [0.15, 0.2) is 14.1 Å². The van der Waals surface area contributed by atoms with Crippen molar-refractivity contribution in [2.75, 3.05) is 13.1 Å². The van der Waals surface area contributed by atoms with Gasteiger partial charge in [-0.3, -0.25) is 0 Å². The van der Waals surface area contributed by atoms with Crippen molar-refractivity contribution in [3.05, 3.63) is 203 Å². The van der Waals surface area contributed by atoms with Gasteiger partial charge in [-0.15, -0.1) is 5.10 Å². The van der Waals surface area contributed by atoms with Crippen molar-refractivity contribution in [2.24, 2.45) is 0 Å². The number of ether oxygens (including phenoxy) is 2. The van der Waals surface area contributed by atoms with Crippen LogP contribution in [0.4, 0.5) is 4.79 Å². The average molecular weight is 978 g/mol. The maximum absolute atomic E-state index is 14.2. The Labute approximate surface area is 426 Å². The van der Waals surface area contributed by atoms with Crippen molar-refractivity contribution in [1.82, 2.24) is 34.7 Å². The first kappa shape index (κ1) is 49.8. The molecule has 0 fully saturated rings. The van der Waals surface area contributed by atoms with Crippen molar-refractivity contribution in [3.8, 4) is 34.1 Å². The third-order valence-electron chi connectivity index (χ3n) is 14.3. The van der Waals surface area contributed by atoms with Crippen LogP contribution in [0.3, 0.4) is 0 Å². The molecular formula is C60H67N7O4Si. The first-order chi connectivity index (χ1) is 34.4. The number of rotatable bonds is 14. The molecule has 8 aromatic rings. The number of aromatic nitrogens is 6. The predicted molar refractivity (Wildman–Crippen MR) is 288 cm³/mol. The Kier molecular flexibility index (Phi) is 13.9. The Balaban J connectivity index is 0.968. The van der Waals surface area contributed by atoms with Gasteiger partial charge in [0.1, 0.15) is 28.8 Å². The van der Waals surface area contributed by atoms with E-state index in [9.17, 15) is 4.79 Å². The Morgan fingerprint density at radius 1 is 0.736 bits per heavy atom. The number of benzene rings is 5. The van der Waals surface area contributed by atoms with Gasteiger partial charge in [-0.2, -0.15) is 0 Å². The van der Waals surface area contributed by atoms with Gasteiger partial charge in [0.05, 0.1) is 19.2 Å². The van der Waals surface area contributed by atoms with Crippen LogP contribution in [0.2, 0.25) is 18.1 Å². The van der Waals surface area contributed by atoms with Gasteiger partial charge >= 0.3 is 6.09 Å². The number of tetrazole rings is 1. The minimum Gasteiger partial charge on any atom is -0.488 e. The SMILES string of the molecule is Cc1ccc(C)n1-c1ccc([C@H](CN(C[C@H]2CCc3cc(-c4ccc(-c5nnnn5C(c5ccccc5)(c5ccccc5)c5ccccc5)cc4)ccc3O2)C(=O)OC(C)(C)C)O[Si](C)(C)C(C)(C)C)cn1. The van der Waals surface area contributed by atoms with Gasteiger partial charge in [0.2, 0.25) is 0 Å². The molecule has 0 saturated carbocycles. The summed E-state index contributed by atoms with van der Waals surface area (Å²) >= 11 is 0. The highest BCUT2D eigenvalue weighted by molar-refractivity contribution is 6.74. The Hall–Kier alpha value is -7.15. The van der Waals surface area contributed by atoms with Gasteiger partial charge in [0, 0.05) is 23.1 Å². The molecule has 0 aliphatic carbocycles. The maximum Gasteiger partial charge on any atom is 0.410 e. The smallest absolute Gasteiger partial charge is 0.410 e. The molecule has 0 N–H and O–H groups in total. The molecule has 5 aromatic carbocycles. The van der Waals surface area contributed by atoms with E-state index in [0.29, 0.717) is 12.4 Å². The average Bonchev–Trinajstić information content (AvgIpc) is 3.99. The molecule has 1 amide bonds. The van der Waals surface area contributed by atoms with E-state index in [0.717, 1.165) is 80.3 Å². The highest BCUT2D eigenvalue weighted by Gasteiger charge is 2.43. The number of pyridine rings is 1. The fraction of sp³-hybridized carbons (Fsp3) is 0.317. The van der Waals surface area contributed by atoms with E-state index in [4.69, 9.17) is 24.1 Å². The van der Waals surface area contributed by atoms with E-state index in [1.54, 1.807) is 4.90 Å². The van der Waals surface area contributed by atoms with Gasteiger partial charge in [-0.1, -0.05) is 148 Å². The number of carbonyl (C=O) groups is 1. The molecule has 4 heterocycles. The zero-order valence-electron chi connectivity index (χ0n) is 43.3. The van der Waals surface area contributed by atoms with E-state index in [2.05, 4.69) is 196 Å². The number of hydrogen-bond acceptors (Lipinski definition) is 8. The molecular weight excluding hydrogens is 911 g/mol. The molecule has 11 nitrogen and oxygen atoms in total. The van der Waals surface area contributed by atoms with Crippen LogP contribution in [-0.4, -0.2) is 73.9 Å².